The zero-order chi connectivity index (χ0) is 17.5. The van der Waals surface area contributed by atoms with Gasteiger partial charge in [-0.15, -0.1) is 0 Å². The quantitative estimate of drug-likeness (QED) is 0.716. The van der Waals surface area contributed by atoms with Gasteiger partial charge in [0, 0.05) is 18.1 Å². The first-order valence-corrected chi connectivity index (χ1v) is 7.43. The Bertz CT molecular complexity index is 853. The van der Waals surface area contributed by atoms with Crippen LogP contribution in [0.3, 0.4) is 0 Å². The Morgan fingerprint density at radius 3 is 2.00 bits per heavy atom. The van der Waals surface area contributed by atoms with E-state index < -0.39 is 11.8 Å². The van der Waals surface area contributed by atoms with Gasteiger partial charge in [-0.3, -0.25) is 14.9 Å². The van der Waals surface area contributed by atoms with Gasteiger partial charge in [0.05, 0.1) is 0 Å². The van der Waals surface area contributed by atoms with Crippen LogP contribution in [0.2, 0.25) is 0 Å². The van der Waals surface area contributed by atoms with Gasteiger partial charge in [-0.2, -0.15) is 0 Å². The Morgan fingerprint density at radius 2 is 1.32 bits per heavy atom. The number of amides is 2. The number of hydrogen-bond donors (Lipinski definition) is 2. The predicted octanol–water partition coefficient (Wildman–Crippen LogP) is 2.85. The summed E-state index contributed by atoms with van der Waals surface area (Å²) >= 11 is 0. The zero-order valence-electron chi connectivity index (χ0n) is 13.0. The molecule has 1 heterocycles. The average molecular weight is 334 g/mol. The van der Waals surface area contributed by atoms with Gasteiger partial charge in [0.15, 0.2) is 0 Å². The molecular formula is C18H14N4O3. The van der Waals surface area contributed by atoms with Crippen molar-refractivity contribution in [3.05, 3.63) is 73.1 Å². The number of rotatable bonds is 4. The fraction of sp³-hybridized carbons (Fsp3) is 0. The van der Waals surface area contributed by atoms with Crippen LogP contribution in [0.4, 0.5) is 11.6 Å². The molecule has 0 fully saturated rings. The molecule has 3 aromatic rings. The minimum atomic E-state index is -0.851. The van der Waals surface area contributed by atoms with Crippen LogP contribution in [0, 0.1) is 0 Å². The second-order valence-corrected chi connectivity index (χ2v) is 4.92. The van der Waals surface area contributed by atoms with Crippen molar-refractivity contribution in [2.24, 2.45) is 0 Å². The van der Waals surface area contributed by atoms with Gasteiger partial charge in [0.2, 0.25) is 5.95 Å². The Hall–Kier alpha value is -3.74. The van der Waals surface area contributed by atoms with Crippen LogP contribution in [0.15, 0.2) is 73.1 Å². The molecule has 0 saturated carbocycles. The highest BCUT2D eigenvalue weighted by Gasteiger charge is 2.15. The van der Waals surface area contributed by atoms with Gasteiger partial charge in [0.1, 0.15) is 11.5 Å². The Labute approximate surface area is 143 Å². The van der Waals surface area contributed by atoms with Gasteiger partial charge in [-0.1, -0.05) is 18.2 Å². The van der Waals surface area contributed by atoms with Gasteiger partial charge < -0.3 is 10.1 Å². The number of aromatic nitrogens is 2. The lowest BCUT2D eigenvalue weighted by Crippen LogP contribution is -2.29. The maximum absolute atomic E-state index is 11.9. The summed E-state index contributed by atoms with van der Waals surface area (Å²) in [7, 11) is 0. The number of ether oxygens (including phenoxy) is 1. The van der Waals surface area contributed by atoms with Crippen molar-refractivity contribution in [3.8, 4) is 11.5 Å². The number of nitrogens with zero attached hydrogens (tertiary/aromatic N) is 2. The first kappa shape index (κ1) is 16.1. The highest BCUT2D eigenvalue weighted by molar-refractivity contribution is 6.43. The number of benzene rings is 2. The second kappa shape index (κ2) is 7.69. The van der Waals surface area contributed by atoms with Crippen LogP contribution >= 0.6 is 0 Å². The van der Waals surface area contributed by atoms with Crippen molar-refractivity contribution in [1.82, 2.24) is 9.97 Å². The molecule has 2 amide bonds. The molecule has 0 aliphatic carbocycles. The third-order valence-electron chi connectivity index (χ3n) is 3.09. The van der Waals surface area contributed by atoms with Crippen LogP contribution in [0.25, 0.3) is 0 Å². The topological polar surface area (TPSA) is 93.2 Å². The van der Waals surface area contributed by atoms with Crippen molar-refractivity contribution in [3.63, 3.8) is 0 Å². The fourth-order valence-corrected chi connectivity index (χ4v) is 1.94. The Kier molecular flexibility index (Phi) is 4.96. The van der Waals surface area contributed by atoms with Crippen LogP contribution in [0.5, 0.6) is 11.5 Å². The molecule has 0 aliphatic rings. The van der Waals surface area contributed by atoms with Crippen molar-refractivity contribution >= 4 is 23.5 Å². The third-order valence-corrected chi connectivity index (χ3v) is 3.09. The number of nitrogens with one attached hydrogen (secondary N) is 2. The molecule has 0 radical (unpaired) electrons. The minimum absolute atomic E-state index is 0.0641. The standard InChI is InChI=1S/C18H14N4O3/c23-16(17(24)22-18-19-11-4-12-20-18)21-13-7-9-15(10-8-13)25-14-5-2-1-3-6-14/h1-12H,(H,21,23)(H,19,20,22,24). The first-order chi connectivity index (χ1) is 12.2. The third kappa shape index (κ3) is 4.61. The van der Waals surface area contributed by atoms with Crippen molar-refractivity contribution in [1.29, 1.82) is 0 Å². The lowest BCUT2D eigenvalue weighted by Gasteiger charge is -2.08. The van der Waals surface area contributed by atoms with Crippen LogP contribution in [-0.4, -0.2) is 21.8 Å². The normalized spacial score (nSPS) is 9.92. The lowest BCUT2D eigenvalue weighted by molar-refractivity contribution is -0.133. The van der Waals surface area contributed by atoms with E-state index in [1.807, 2.05) is 30.3 Å². The van der Waals surface area contributed by atoms with E-state index in [-0.39, 0.29) is 5.95 Å². The number of hydrogen-bond acceptors (Lipinski definition) is 5. The SMILES string of the molecule is O=C(Nc1ccc(Oc2ccccc2)cc1)C(=O)Nc1ncccn1. The summed E-state index contributed by atoms with van der Waals surface area (Å²) in [5.74, 6) is -0.276. The summed E-state index contributed by atoms with van der Waals surface area (Å²) in [4.78, 5) is 31.3. The Balaban J connectivity index is 1.57. The molecule has 2 aromatic carbocycles. The van der Waals surface area contributed by atoms with E-state index in [1.54, 1.807) is 30.3 Å². The first-order valence-electron chi connectivity index (χ1n) is 7.43. The smallest absolute Gasteiger partial charge is 0.316 e. The van der Waals surface area contributed by atoms with E-state index in [0.29, 0.717) is 17.2 Å². The molecule has 1 aromatic heterocycles. The summed E-state index contributed by atoms with van der Waals surface area (Å²) < 4.78 is 5.66. The molecule has 0 saturated heterocycles. The molecule has 25 heavy (non-hydrogen) atoms. The molecule has 0 spiro atoms. The van der Waals surface area contributed by atoms with Crippen molar-refractivity contribution in [2.45, 2.75) is 0 Å². The highest BCUT2D eigenvalue weighted by atomic mass is 16.5. The maximum Gasteiger partial charge on any atom is 0.316 e. The number of para-hydroxylation sites is 1. The van der Waals surface area contributed by atoms with E-state index in [2.05, 4.69) is 20.6 Å². The van der Waals surface area contributed by atoms with Gasteiger partial charge >= 0.3 is 11.8 Å². The van der Waals surface area contributed by atoms with Crippen LogP contribution in [0.1, 0.15) is 0 Å². The molecule has 0 aliphatic heterocycles. The van der Waals surface area contributed by atoms with E-state index >= 15 is 0 Å². The van der Waals surface area contributed by atoms with Gasteiger partial charge in [-0.05, 0) is 42.5 Å². The molecule has 124 valence electrons. The van der Waals surface area contributed by atoms with Gasteiger partial charge in [-0.25, -0.2) is 9.97 Å². The van der Waals surface area contributed by atoms with Crippen molar-refractivity contribution < 1.29 is 14.3 Å². The van der Waals surface area contributed by atoms with Crippen LogP contribution < -0.4 is 15.4 Å². The zero-order valence-corrected chi connectivity index (χ0v) is 13.0. The number of carbonyl (C=O) groups excluding carboxylic acids is 2. The largest absolute Gasteiger partial charge is 0.457 e. The lowest BCUT2D eigenvalue weighted by atomic mass is 10.3. The molecule has 7 nitrogen and oxygen atoms in total. The molecule has 2 N–H and O–H groups in total. The van der Waals surface area contributed by atoms with Crippen LogP contribution in [-0.2, 0) is 9.59 Å². The Morgan fingerprint density at radius 1 is 0.720 bits per heavy atom. The van der Waals surface area contributed by atoms with Gasteiger partial charge in [0.25, 0.3) is 0 Å². The molecule has 0 bridgehead atoms. The van der Waals surface area contributed by atoms with E-state index in [4.69, 9.17) is 4.74 Å². The number of carbonyl (C=O) groups is 2. The summed E-state index contributed by atoms with van der Waals surface area (Å²) in [5.41, 5.74) is 0.467. The predicted molar refractivity (Wildman–Crippen MR) is 92.2 cm³/mol. The summed E-state index contributed by atoms with van der Waals surface area (Å²) in [5, 5.41) is 4.80. The van der Waals surface area contributed by atoms with Crippen molar-refractivity contribution in [2.75, 3.05) is 10.6 Å². The fourth-order valence-electron chi connectivity index (χ4n) is 1.94. The van der Waals surface area contributed by atoms with E-state index in [0.717, 1.165) is 0 Å². The molecule has 3 rings (SSSR count). The monoisotopic (exact) mass is 334 g/mol. The maximum atomic E-state index is 11.9. The summed E-state index contributed by atoms with van der Waals surface area (Å²) in [6, 6.07) is 17.6. The highest BCUT2D eigenvalue weighted by Crippen LogP contribution is 2.22. The average Bonchev–Trinajstić information content (AvgIpc) is 2.65. The molecule has 7 heteroatoms. The minimum Gasteiger partial charge on any atom is -0.457 e. The molecule has 0 atom stereocenters. The molecule has 0 unspecified atom stereocenters. The summed E-state index contributed by atoms with van der Waals surface area (Å²) in [6.07, 6.45) is 2.93. The second-order valence-electron chi connectivity index (χ2n) is 4.92. The van der Waals surface area contributed by atoms with E-state index in [1.165, 1.54) is 12.4 Å². The number of anilines is 2. The molecular weight excluding hydrogens is 320 g/mol. The van der Waals surface area contributed by atoms with E-state index in [9.17, 15) is 9.59 Å². The summed E-state index contributed by atoms with van der Waals surface area (Å²) in [6.45, 7) is 0.